The molecule has 0 radical (unpaired) electrons. The number of ketones is 2. The van der Waals surface area contributed by atoms with Crippen LogP contribution in [0.15, 0.2) is 60.7 Å². The Morgan fingerprint density at radius 3 is 1.59 bits per heavy atom. The molecular formula is C16H18O6. The molecule has 6 heteroatoms. The van der Waals surface area contributed by atoms with Crippen molar-refractivity contribution in [3.63, 3.8) is 0 Å². The predicted octanol–water partition coefficient (Wildman–Crippen LogP) is 0.217. The monoisotopic (exact) mass is 306 g/mol. The number of rotatable bonds is 4. The van der Waals surface area contributed by atoms with Crippen LogP contribution in [0.1, 0.15) is 20.7 Å². The van der Waals surface area contributed by atoms with Crippen molar-refractivity contribution < 1.29 is 30.4 Å². The molecule has 0 bridgehead atoms. The van der Waals surface area contributed by atoms with Crippen LogP contribution in [0.3, 0.4) is 0 Å². The predicted molar refractivity (Wildman–Crippen MR) is 80.5 cm³/mol. The van der Waals surface area contributed by atoms with Crippen molar-refractivity contribution in [3.8, 4) is 0 Å². The number of carbonyl (C=O) groups is 2. The Hall–Kier alpha value is -2.38. The summed E-state index contributed by atoms with van der Waals surface area (Å²) in [5.41, 5.74) is 0.868. The van der Waals surface area contributed by atoms with Gasteiger partial charge in [-0.05, 0) is 0 Å². The maximum absolute atomic E-state index is 10.8. The molecule has 0 amide bonds. The van der Waals surface area contributed by atoms with Gasteiger partial charge in [-0.2, -0.15) is 0 Å². The Bertz CT molecular complexity index is 566. The third-order valence-electron chi connectivity index (χ3n) is 2.53. The van der Waals surface area contributed by atoms with Gasteiger partial charge >= 0.3 is 0 Å². The van der Waals surface area contributed by atoms with Crippen LogP contribution in [-0.4, -0.2) is 45.3 Å². The normalized spacial score (nSPS) is 9.27. The summed E-state index contributed by atoms with van der Waals surface area (Å²) in [6, 6.07) is 16.9. The molecule has 0 fully saturated rings. The molecule has 0 saturated carbocycles. The summed E-state index contributed by atoms with van der Waals surface area (Å²) in [6.45, 7) is -0.413. The Morgan fingerprint density at radius 1 is 0.818 bits per heavy atom. The van der Waals surface area contributed by atoms with Gasteiger partial charge in [0.25, 0.3) is 0 Å². The van der Waals surface area contributed by atoms with E-state index < -0.39 is 18.7 Å². The largest absolute Gasteiger partial charge is 0.412 e. The third kappa shape index (κ3) is 6.38. The van der Waals surface area contributed by atoms with Crippen molar-refractivity contribution in [2.75, 3.05) is 6.61 Å². The van der Waals surface area contributed by atoms with Crippen LogP contribution >= 0.6 is 0 Å². The van der Waals surface area contributed by atoms with Crippen molar-refractivity contribution in [1.29, 1.82) is 0 Å². The lowest BCUT2D eigenvalue weighted by atomic mass is 10.1. The maximum Gasteiger partial charge on any atom is 0.218 e. The Morgan fingerprint density at radius 2 is 1.23 bits per heavy atom. The van der Waals surface area contributed by atoms with Crippen LogP contribution in [-0.2, 0) is 0 Å². The van der Waals surface area contributed by atoms with Crippen LogP contribution in [0.25, 0.3) is 0 Å². The minimum atomic E-state index is -1.91. The molecule has 0 atom stereocenters. The highest BCUT2D eigenvalue weighted by atomic mass is 16.5. The molecule has 0 heterocycles. The molecule has 0 saturated heterocycles. The fourth-order valence-corrected chi connectivity index (χ4v) is 1.47. The molecule has 0 aliphatic carbocycles. The van der Waals surface area contributed by atoms with E-state index in [0.29, 0.717) is 11.1 Å². The van der Waals surface area contributed by atoms with Gasteiger partial charge in [0.15, 0.2) is 5.78 Å². The topological polar surface area (TPSA) is 126 Å². The van der Waals surface area contributed by atoms with Gasteiger partial charge in [0.1, 0.15) is 6.61 Å². The Labute approximate surface area is 127 Å². The van der Waals surface area contributed by atoms with Crippen LogP contribution < -0.4 is 0 Å². The molecule has 2 aromatic carbocycles. The number of aliphatic hydroxyl groups excluding tert-OH is 2. The van der Waals surface area contributed by atoms with Gasteiger partial charge in [0, 0.05) is 11.1 Å². The first kappa shape index (κ1) is 19.6. The number of hydrogen-bond donors (Lipinski definition) is 3. The molecular weight excluding hydrogens is 288 g/mol. The second-order valence-corrected chi connectivity index (χ2v) is 4.05. The molecule has 118 valence electrons. The van der Waals surface area contributed by atoms with Crippen LogP contribution in [0.5, 0.6) is 0 Å². The van der Waals surface area contributed by atoms with E-state index in [2.05, 4.69) is 0 Å². The molecule has 22 heavy (non-hydrogen) atoms. The number of hydrogen-bond acceptors (Lipinski definition) is 5. The number of aliphatic hydroxyl groups is 3. The van der Waals surface area contributed by atoms with Gasteiger partial charge in [0.05, 0.1) is 0 Å². The van der Waals surface area contributed by atoms with E-state index in [1.807, 2.05) is 6.07 Å². The Balaban J connectivity index is 0.000000385. The van der Waals surface area contributed by atoms with E-state index in [0.717, 1.165) is 0 Å². The SMILES string of the molecule is O.O=C(CO)c1ccccc1.O=C(c1ccccc1)C(O)O. The average molecular weight is 306 g/mol. The molecule has 0 spiro atoms. The lowest BCUT2D eigenvalue weighted by Gasteiger charge is -2.00. The number of Topliss-reactive ketones (excluding diaryl/α,β-unsaturated/α-hetero) is 2. The minimum absolute atomic E-state index is 0. The summed E-state index contributed by atoms with van der Waals surface area (Å²) in [5, 5.41) is 25.4. The van der Waals surface area contributed by atoms with Crippen molar-refractivity contribution in [1.82, 2.24) is 0 Å². The quantitative estimate of drug-likeness (QED) is 0.550. The van der Waals surface area contributed by atoms with E-state index in [1.165, 1.54) is 12.1 Å². The number of benzene rings is 2. The van der Waals surface area contributed by atoms with Crippen LogP contribution in [0.4, 0.5) is 0 Å². The first-order valence-electron chi connectivity index (χ1n) is 6.20. The van der Waals surface area contributed by atoms with Crippen molar-refractivity contribution in [2.24, 2.45) is 0 Å². The van der Waals surface area contributed by atoms with E-state index in [4.69, 9.17) is 15.3 Å². The second-order valence-electron chi connectivity index (χ2n) is 4.05. The molecule has 0 unspecified atom stereocenters. The number of carbonyl (C=O) groups excluding carboxylic acids is 2. The second kappa shape index (κ2) is 10.4. The molecule has 0 aliphatic heterocycles. The lowest BCUT2D eigenvalue weighted by molar-refractivity contribution is -0.0195. The Kier molecular flexibility index (Phi) is 9.24. The summed E-state index contributed by atoms with van der Waals surface area (Å²) >= 11 is 0. The van der Waals surface area contributed by atoms with Crippen LogP contribution in [0.2, 0.25) is 0 Å². The van der Waals surface area contributed by atoms with E-state index in [9.17, 15) is 9.59 Å². The molecule has 0 aromatic heterocycles. The smallest absolute Gasteiger partial charge is 0.218 e. The standard InChI is InChI=1S/C8H8O3.C8H8O2.H2O/c9-7(8(10)11)6-4-2-1-3-5-6;9-6-8(10)7-4-2-1-3-5-7;/h1-5,8,10-11H;1-5,9H,6H2;1H2. The van der Waals surface area contributed by atoms with E-state index in [1.54, 1.807) is 42.5 Å². The third-order valence-corrected chi connectivity index (χ3v) is 2.53. The van der Waals surface area contributed by atoms with Crippen LogP contribution in [0, 0.1) is 0 Å². The first-order chi connectivity index (χ1) is 10.1. The van der Waals surface area contributed by atoms with Gasteiger partial charge < -0.3 is 20.8 Å². The fraction of sp³-hybridized carbons (Fsp3) is 0.125. The summed E-state index contributed by atoms with van der Waals surface area (Å²) in [5.74, 6) is -0.911. The van der Waals surface area contributed by atoms with E-state index in [-0.39, 0.29) is 11.3 Å². The molecule has 6 nitrogen and oxygen atoms in total. The van der Waals surface area contributed by atoms with Crippen molar-refractivity contribution in [3.05, 3.63) is 71.8 Å². The zero-order valence-electron chi connectivity index (χ0n) is 11.7. The molecule has 2 rings (SSSR count). The van der Waals surface area contributed by atoms with Crippen molar-refractivity contribution in [2.45, 2.75) is 6.29 Å². The summed E-state index contributed by atoms with van der Waals surface area (Å²) < 4.78 is 0. The molecule has 2 aromatic rings. The molecule has 0 aliphatic rings. The van der Waals surface area contributed by atoms with E-state index >= 15 is 0 Å². The highest BCUT2D eigenvalue weighted by molar-refractivity contribution is 5.98. The zero-order valence-corrected chi connectivity index (χ0v) is 11.7. The summed E-state index contributed by atoms with van der Waals surface area (Å²) in [4.78, 5) is 21.6. The summed E-state index contributed by atoms with van der Waals surface area (Å²) in [7, 11) is 0. The zero-order chi connectivity index (χ0) is 15.7. The lowest BCUT2D eigenvalue weighted by Crippen LogP contribution is -2.18. The maximum atomic E-state index is 10.8. The highest BCUT2D eigenvalue weighted by Crippen LogP contribution is 2.01. The fourth-order valence-electron chi connectivity index (χ4n) is 1.47. The van der Waals surface area contributed by atoms with Crippen molar-refractivity contribution >= 4 is 11.6 Å². The summed E-state index contributed by atoms with van der Waals surface area (Å²) in [6.07, 6.45) is -1.91. The van der Waals surface area contributed by atoms with Gasteiger partial charge in [-0.25, -0.2) is 0 Å². The van der Waals surface area contributed by atoms with Gasteiger partial charge in [0.2, 0.25) is 12.1 Å². The van der Waals surface area contributed by atoms with Gasteiger partial charge in [-0.1, -0.05) is 60.7 Å². The van der Waals surface area contributed by atoms with Gasteiger partial charge in [-0.3, -0.25) is 9.59 Å². The highest BCUT2D eigenvalue weighted by Gasteiger charge is 2.11. The first-order valence-corrected chi connectivity index (χ1v) is 6.20. The van der Waals surface area contributed by atoms with Gasteiger partial charge in [-0.15, -0.1) is 0 Å². The minimum Gasteiger partial charge on any atom is -0.412 e. The molecule has 5 N–H and O–H groups in total. The average Bonchev–Trinajstić information content (AvgIpc) is 2.55.